The number of amides is 1. The van der Waals surface area contributed by atoms with Crippen molar-refractivity contribution in [3.05, 3.63) is 52.8 Å². The van der Waals surface area contributed by atoms with Gasteiger partial charge >= 0.3 is 5.97 Å². The smallest absolute Gasteiger partial charge is 0.335 e. The van der Waals surface area contributed by atoms with Crippen LogP contribution in [0.25, 0.3) is 5.69 Å². The van der Waals surface area contributed by atoms with Gasteiger partial charge in [0, 0.05) is 22.6 Å². The summed E-state index contributed by atoms with van der Waals surface area (Å²) in [4.78, 5) is 22.3. The van der Waals surface area contributed by atoms with Crippen LogP contribution in [0.5, 0.6) is 0 Å². The molecule has 1 amide bonds. The molecule has 0 saturated carbocycles. The van der Waals surface area contributed by atoms with Gasteiger partial charge in [-0.15, -0.1) is 0 Å². The molecule has 1 aromatic heterocycles. The fraction of sp³-hybridized carbons (Fsp3) is 0.176. The Hall–Kier alpha value is -3.40. The first-order valence-electron chi connectivity index (χ1n) is 7.15. The SMILES string of the molecule is Cc1cc(/C=N\NC(=O)CC#N)c(C)n1-c1cccc(C(=O)O)c1. The van der Waals surface area contributed by atoms with Crippen LogP contribution in [0.1, 0.15) is 33.7 Å². The van der Waals surface area contributed by atoms with E-state index in [0.717, 1.165) is 22.6 Å². The molecule has 0 radical (unpaired) electrons. The first-order valence-corrected chi connectivity index (χ1v) is 7.15. The Morgan fingerprint density at radius 1 is 1.38 bits per heavy atom. The summed E-state index contributed by atoms with van der Waals surface area (Å²) in [5.74, 6) is -1.46. The third-order valence-electron chi connectivity index (χ3n) is 3.45. The summed E-state index contributed by atoms with van der Waals surface area (Å²) in [6, 6.07) is 10.3. The van der Waals surface area contributed by atoms with Gasteiger partial charge in [0.05, 0.1) is 17.8 Å². The second-order valence-corrected chi connectivity index (χ2v) is 5.15. The normalized spacial score (nSPS) is 10.5. The number of nitriles is 1. The largest absolute Gasteiger partial charge is 0.478 e. The molecule has 122 valence electrons. The van der Waals surface area contributed by atoms with Gasteiger partial charge in [-0.2, -0.15) is 10.4 Å². The molecule has 0 aliphatic carbocycles. The zero-order chi connectivity index (χ0) is 17.7. The molecule has 1 aromatic carbocycles. The number of benzene rings is 1. The number of rotatable bonds is 5. The number of hydrogen-bond acceptors (Lipinski definition) is 4. The van der Waals surface area contributed by atoms with E-state index in [-0.39, 0.29) is 12.0 Å². The average Bonchev–Trinajstić information content (AvgIpc) is 2.82. The van der Waals surface area contributed by atoms with Crippen molar-refractivity contribution in [3.8, 4) is 11.8 Å². The predicted molar refractivity (Wildman–Crippen MR) is 88.2 cm³/mol. The summed E-state index contributed by atoms with van der Waals surface area (Å²) in [7, 11) is 0. The molecule has 0 unspecified atom stereocenters. The van der Waals surface area contributed by atoms with E-state index in [9.17, 15) is 9.59 Å². The molecule has 2 N–H and O–H groups in total. The minimum absolute atomic E-state index is 0.207. The highest BCUT2D eigenvalue weighted by atomic mass is 16.4. The van der Waals surface area contributed by atoms with Gasteiger partial charge in [0.1, 0.15) is 6.42 Å². The molecule has 0 fully saturated rings. The molecule has 0 bridgehead atoms. The molecule has 0 aliphatic heterocycles. The van der Waals surface area contributed by atoms with Gasteiger partial charge < -0.3 is 9.67 Å². The minimum atomic E-state index is -0.985. The quantitative estimate of drug-likeness (QED) is 0.649. The summed E-state index contributed by atoms with van der Waals surface area (Å²) in [6.45, 7) is 3.77. The third kappa shape index (κ3) is 3.67. The van der Waals surface area contributed by atoms with Crippen LogP contribution in [-0.4, -0.2) is 27.8 Å². The molecule has 7 nitrogen and oxygen atoms in total. The lowest BCUT2D eigenvalue weighted by Gasteiger charge is -2.10. The average molecular weight is 324 g/mol. The number of carboxylic acid groups (broad SMARTS) is 1. The second-order valence-electron chi connectivity index (χ2n) is 5.15. The van der Waals surface area contributed by atoms with Crippen LogP contribution in [0.15, 0.2) is 35.4 Å². The second kappa shape index (κ2) is 7.24. The zero-order valence-corrected chi connectivity index (χ0v) is 13.3. The molecule has 7 heteroatoms. The highest BCUT2D eigenvalue weighted by Gasteiger charge is 2.11. The van der Waals surface area contributed by atoms with Gasteiger partial charge in [0.2, 0.25) is 0 Å². The van der Waals surface area contributed by atoms with E-state index in [1.54, 1.807) is 18.2 Å². The van der Waals surface area contributed by atoms with E-state index in [2.05, 4.69) is 10.5 Å². The van der Waals surface area contributed by atoms with Crippen molar-refractivity contribution < 1.29 is 14.7 Å². The molecule has 24 heavy (non-hydrogen) atoms. The number of aromatic carboxylic acids is 1. The summed E-state index contributed by atoms with van der Waals surface area (Å²) >= 11 is 0. The molecular formula is C17H16N4O3. The lowest BCUT2D eigenvalue weighted by Crippen LogP contribution is -2.16. The summed E-state index contributed by atoms with van der Waals surface area (Å²) < 4.78 is 1.91. The monoisotopic (exact) mass is 324 g/mol. The topological polar surface area (TPSA) is 107 Å². The molecule has 2 rings (SSSR count). The van der Waals surface area contributed by atoms with E-state index < -0.39 is 11.9 Å². The van der Waals surface area contributed by atoms with Crippen molar-refractivity contribution in [2.75, 3.05) is 0 Å². The molecule has 0 aliphatic rings. The number of carbonyl (C=O) groups excluding carboxylic acids is 1. The van der Waals surface area contributed by atoms with Crippen LogP contribution in [0.3, 0.4) is 0 Å². The van der Waals surface area contributed by atoms with Crippen molar-refractivity contribution >= 4 is 18.1 Å². The molecule has 0 saturated heterocycles. The lowest BCUT2D eigenvalue weighted by molar-refractivity contribution is -0.120. The number of aryl methyl sites for hydroxylation is 1. The van der Waals surface area contributed by atoms with Gasteiger partial charge in [-0.05, 0) is 38.1 Å². The zero-order valence-electron chi connectivity index (χ0n) is 13.3. The summed E-state index contributed by atoms with van der Waals surface area (Å²) in [5.41, 5.74) is 5.75. The van der Waals surface area contributed by atoms with Gasteiger partial charge in [-0.3, -0.25) is 4.79 Å². The lowest BCUT2D eigenvalue weighted by atomic mass is 10.2. The summed E-state index contributed by atoms with van der Waals surface area (Å²) in [5, 5.41) is 21.4. The first kappa shape index (κ1) is 17.0. The Morgan fingerprint density at radius 2 is 2.12 bits per heavy atom. The van der Waals surface area contributed by atoms with Crippen LogP contribution in [0, 0.1) is 25.2 Å². The van der Waals surface area contributed by atoms with Crippen LogP contribution in [-0.2, 0) is 4.79 Å². The maximum atomic E-state index is 11.2. The Kier molecular flexibility index (Phi) is 5.12. The number of carboxylic acids is 1. The number of aromatic nitrogens is 1. The van der Waals surface area contributed by atoms with Crippen molar-refractivity contribution in [2.24, 2.45) is 5.10 Å². The van der Waals surface area contributed by atoms with E-state index in [0.29, 0.717) is 0 Å². The number of nitrogens with one attached hydrogen (secondary N) is 1. The number of hydrogen-bond donors (Lipinski definition) is 2. The Labute approximate surface area is 138 Å². The maximum absolute atomic E-state index is 11.2. The van der Waals surface area contributed by atoms with Crippen LogP contribution in [0.2, 0.25) is 0 Å². The van der Waals surface area contributed by atoms with Crippen LogP contribution < -0.4 is 5.43 Å². The molecule has 0 atom stereocenters. The third-order valence-corrected chi connectivity index (χ3v) is 3.45. The first-order chi connectivity index (χ1) is 11.4. The van der Waals surface area contributed by atoms with E-state index >= 15 is 0 Å². The molecule has 1 heterocycles. The highest BCUT2D eigenvalue weighted by molar-refractivity contribution is 5.88. The van der Waals surface area contributed by atoms with Crippen LogP contribution >= 0.6 is 0 Å². The van der Waals surface area contributed by atoms with Crippen molar-refractivity contribution in [2.45, 2.75) is 20.3 Å². The number of carbonyl (C=O) groups is 2. The van der Waals surface area contributed by atoms with Crippen molar-refractivity contribution in [1.82, 2.24) is 9.99 Å². The fourth-order valence-corrected chi connectivity index (χ4v) is 2.38. The Morgan fingerprint density at radius 3 is 2.79 bits per heavy atom. The van der Waals surface area contributed by atoms with Crippen molar-refractivity contribution in [1.29, 1.82) is 5.26 Å². The standard InChI is InChI=1S/C17H16N4O3/c1-11-8-14(10-19-20-16(22)6-7-18)12(2)21(11)15-5-3-4-13(9-15)17(23)24/h3-5,8-10H,6H2,1-2H3,(H,20,22)(H,23,24)/b19-10-. The molecule has 2 aromatic rings. The van der Waals surface area contributed by atoms with E-state index in [1.807, 2.05) is 30.5 Å². The fourth-order valence-electron chi connectivity index (χ4n) is 2.38. The highest BCUT2D eigenvalue weighted by Crippen LogP contribution is 2.20. The predicted octanol–water partition coefficient (Wildman–Crippen LogP) is 2.16. The van der Waals surface area contributed by atoms with Crippen LogP contribution in [0.4, 0.5) is 0 Å². The summed E-state index contributed by atoms with van der Waals surface area (Å²) in [6.07, 6.45) is 1.24. The van der Waals surface area contributed by atoms with Gasteiger partial charge in [0.25, 0.3) is 5.91 Å². The minimum Gasteiger partial charge on any atom is -0.478 e. The van der Waals surface area contributed by atoms with Gasteiger partial charge in [-0.1, -0.05) is 6.07 Å². The van der Waals surface area contributed by atoms with E-state index in [4.69, 9.17) is 10.4 Å². The number of hydrazone groups is 1. The van der Waals surface area contributed by atoms with Gasteiger partial charge in [-0.25, -0.2) is 10.2 Å². The van der Waals surface area contributed by atoms with Crippen molar-refractivity contribution in [3.63, 3.8) is 0 Å². The van der Waals surface area contributed by atoms with Gasteiger partial charge in [0.15, 0.2) is 0 Å². The molecular weight excluding hydrogens is 308 g/mol. The van der Waals surface area contributed by atoms with E-state index in [1.165, 1.54) is 12.3 Å². The Bertz CT molecular complexity index is 859. The molecule has 0 spiro atoms. The Balaban J connectivity index is 2.31. The number of nitrogens with zero attached hydrogens (tertiary/aromatic N) is 3. The maximum Gasteiger partial charge on any atom is 0.335 e.